The van der Waals surface area contributed by atoms with Crippen molar-refractivity contribution in [3.8, 4) is 5.75 Å². The zero-order valence-electron chi connectivity index (χ0n) is 11.5. The van der Waals surface area contributed by atoms with Crippen molar-refractivity contribution in [1.29, 1.82) is 0 Å². The minimum Gasteiger partial charge on any atom is -0.492 e. The van der Waals surface area contributed by atoms with Crippen molar-refractivity contribution in [2.75, 3.05) is 13.2 Å². The van der Waals surface area contributed by atoms with Gasteiger partial charge in [0.25, 0.3) is 0 Å². The molecule has 0 amide bonds. The lowest BCUT2D eigenvalue weighted by atomic mass is 10.1. The van der Waals surface area contributed by atoms with Crippen LogP contribution < -0.4 is 10.1 Å². The van der Waals surface area contributed by atoms with E-state index in [2.05, 4.69) is 5.32 Å². The summed E-state index contributed by atoms with van der Waals surface area (Å²) in [7, 11) is 0. The molecule has 0 aliphatic heterocycles. The van der Waals surface area contributed by atoms with Gasteiger partial charge in [-0.05, 0) is 56.1 Å². The average molecular weight is 263 g/mol. The molecule has 2 aliphatic rings. The van der Waals surface area contributed by atoms with E-state index >= 15 is 0 Å². The number of halogens is 1. The molecule has 0 radical (unpaired) electrons. The Morgan fingerprint density at radius 3 is 2.53 bits per heavy atom. The summed E-state index contributed by atoms with van der Waals surface area (Å²) in [4.78, 5) is 0. The van der Waals surface area contributed by atoms with Crippen molar-refractivity contribution in [2.24, 2.45) is 11.8 Å². The third kappa shape index (κ3) is 3.47. The number of aryl methyl sites for hydroxylation is 1. The average Bonchev–Trinajstić information content (AvgIpc) is 3.27. The molecule has 0 unspecified atom stereocenters. The summed E-state index contributed by atoms with van der Waals surface area (Å²) in [5.41, 5.74) is 0.660. The van der Waals surface area contributed by atoms with Crippen molar-refractivity contribution >= 4 is 0 Å². The van der Waals surface area contributed by atoms with Gasteiger partial charge in [-0.3, -0.25) is 0 Å². The molecule has 104 valence electrons. The Morgan fingerprint density at radius 2 is 1.95 bits per heavy atom. The fourth-order valence-electron chi connectivity index (χ4n) is 2.69. The molecule has 0 heterocycles. The number of rotatable bonds is 7. The van der Waals surface area contributed by atoms with Gasteiger partial charge in [0.15, 0.2) is 0 Å². The lowest BCUT2D eigenvalue weighted by molar-refractivity contribution is 0.292. The third-order valence-electron chi connectivity index (χ3n) is 4.15. The fourth-order valence-corrected chi connectivity index (χ4v) is 2.69. The first-order chi connectivity index (χ1) is 9.24. The van der Waals surface area contributed by atoms with E-state index in [1.54, 1.807) is 13.0 Å². The van der Waals surface area contributed by atoms with Crippen LogP contribution in [0.25, 0.3) is 0 Å². The minimum atomic E-state index is -0.195. The van der Waals surface area contributed by atoms with Gasteiger partial charge < -0.3 is 10.1 Å². The highest BCUT2D eigenvalue weighted by Gasteiger charge is 2.40. The van der Waals surface area contributed by atoms with Crippen LogP contribution in [0.3, 0.4) is 0 Å². The van der Waals surface area contributed by atoms with Crippen LogP contribution >= 0.6 is 0 Å². The number of benzene rings is 1. The summed E-state index contributed by atoms with van der Waals surface area (Å²) < 4.78 is 18.9. The molecule has 0 saturated heterocycles. The van der Waals surface area contributed by atoms with Crippen LogP contribution in [0.15, 0.2) is 18.2 Å². The number of ether oxygens (including phenoxy) is 1. The first kappa shape index (κ1) is 12.9. The molecule has 1 aromatic carbocycles. The zero-order valence-corrected chi connectivity index (χ0v) is 11.5. The van der Waals surface area contributed by atoms with Gasteiger partial charge in [-0.1, -0.05) is 6.07 Å². The molecular weight excluding hydrogens is 241 g/mol. The first-order valence-electron chi connectivity index (χ1n) is 7.36. The van der Waals surface area contributed by atoms with Gasteiger partial charge in [0.1, 0.15) is 18.2 Å². The van der Waals surface area contributed by atoms with E-state index in [4.69, 9.17) is 4.74 Å². The van der Waals surface area contributed by atoms with E-state index < -0.39 is 0 Å². The normalized spacial score (nSPS) is 18.9. The molecule has 1 aromatic rings. The second-order valence-electron chi connectivity index (χ2n) is 5.91. The number of nitrogens with one attached hydrogen (secondary N) is 1. The molecule has 0 spiro atoms. The van der Waals surface area contributed by atoms with Crippen molar-refractivity contribution < 1.29 is 9.13 Å². The summed E-state index contributed by atoms with van der Waals surface area (Å²) in [6.07, 6.45) is 5.55. The second kappa shape index (κ2) is 5.49. The predicted molar refractivity (Wildman–Crippen MR) is 73.9 cm³/mol. The maximum Gasteiger partial charge on any atom is 0.129 e. The third-order valence-corrected chi connectivity index (χ3v) is 4.15. The molecule has 2 aliphatic carbocycles. The van der Waals surface area contributed by atoms with Crippen LogP contribution in [0.5, 0.6) is 5.75 Å². The van der Waals surface area contributed by atoms with Gasteiger partial charge in [-0.15, -0.1) is 0 Å². The zero-order chi connectivity index (χ0) is 13.2. The standard InChI is InChI=1S/C16H22FNO/c1-11-2-7-14(10-15(11)17)19-9-8-18-16(12-3-4-12)13-5-6-13/h2,7,10,12-13,16,18H,3-6,8-9H2,1H3. The largest absolute Gasteiger partial charge is 0.492 e. The molecule has 0 bridgehead atoms. The summed E-state index contributed by atoms with van der Waals surface area (Å²) in [6.45, 7) is 3.22. The maximum atomic E-state index is 13.3. The van der Waals surface area contributed by atoms with Crippen molar-refractivity contribution in [1.82, 2.24) is 5.32 Å². The Bertz CT molecular complexity index is 428. The Balaban J connectivity index is 1.41. The summed E-state index contributed by atoms with van der Waals surface area (Å²) in [6, 6.07) is 5.76. The summed E-state index contributed by atoms with van der Waals surface area (Å²) in [5, 5.41) is 3.62. The molecular formula is C16H22FNO. The second-order valence-corrected chi connectivity index (χ2v) is 5.91. The Hall–Kier alpha value is -1.09. The lowest BCUT2D eigenvalue weighted by Crippen LogP contribution is -2.36. The Labute approximate surface area is 114 Å². The van der Waals surface area contributed by atoms with E-state index in [1.807, 2.05) is 6.07 Å². The van der Waals surface area contributed by atoms with Gasteiger partial charge in [0, 0.05) is 18.7 Å². The highest BCUT2D eigenvalue weighted by atomic mass is 19.1. The minimum absolute atomic E-state index is 0.195. The van der Waals surface area contributed by atoms with E-state index in [-0.39, 0.29) is 5.82 Å². The van der Waals surface area contributed by atoms with Gasteiger partial charge >= 0.3 is 0 Å². The predicted octanol–water partition coefficient (Wildman–Crippen LogP) is 3.29. The van der Waals surface area contributed by atoms with E-state index in [9.17, 15) is 4.39 Å². The van der Waals surface area contributed by atoms with Gasteiger partial charge in [0.05, 0.1) is 0 Å². The topological polar surface area (TPSA) is 21.3 Å². The number of hydrogen-bond acceptors (Lipinski definition) is 2. The lowest BCUT2D eigenvalue weighted by Gasteiger charge is -2.17. The van der Waals surface area contributed by atoms with Crippen LogP contribution in [0.4, 0.5) is 4.39 Å². The van der Waals surface area contributed by atoms with Gasteiger partial charge in [-0.2, -0.15) is 0 Å². The smallest absolute Gasteiger partial charge is 0.129 e. The van der Waals surface area contributed by atoms with Gasteiger partial charge in [0.2, 0.25) is 0 Å². The molecule has 19 heavy (non-hydrogen) atoms. The van der Waals surface area contributed by atoms with Crippen molar-refractivity contribution in [3.63, 3.8) is 0 Å². The summed E-state index contributed by atoms with van der Waals surface area (Å²) in [5.74, 6) is 2.24. The fraction of sp³-hybridized carbons (Fsp3) is 0.625. The van der Waals surface area contributed by atoms with Crippen molar-refractivity contribution in [2.45, 2.75) is 38.6 Å². The Kier molecular flexibility index (Phi) is 3.74. The van der Waals surface area contributed by atoms with Crippen LogP contribution in [0.1, 0.15) is 31.2 Å². The van der Waals surface area contributed by atoms with E-state index in [1.165, 1.54) is 31.7 Å². The summed E-state index contributed by atoms with van der Waals surface area (Å²) >= 11 is 0. The molecule has 2 saturated carbocycles. The monoisotopic (exact) mass is 263 g/mol. The van der Waals surface area contributed by atoms with Crippen LogP contribution in [-0.2, 0) is 0 Å². The molecule has 1 N–H and O–H groups in total. The van der Waals surface area contributed by atoms with Crippen LogP contribution in [0.2, 0.25) is 0 Å². The van der Waals surface area contributed by atoms with Crippen molar-refractivity contribution in [3.05, 3.63) is 29.6 Å². The van der Waals surface area contributed by atoms with Crippen LogP contribution in [-0.4, -0.2) is 19.2 Å². The van der Waals surface area contributed by atoms with Crippen LogP contribution in [0, 0.1) is 24.6 Å². The molecule has 3 rings (SSSR count). The molecule has 2 nitrogen and oxygen atoms in total. The molecule has 3 heteroatoms. The Morgan fingerprint density at radius 1 is 1.26 bits per heavy atom. The van der Waals surface area contributed by atoms with Gasteiger partial charge in [-0.25, -0.2) is 4.39 Å². The highest BCUT2D eigenvalue weighted by molar-refractivity contribution is 5.27. The first-order valence-corrected chi connectivity index (χ1v) is 7.36. The van der Waals surface area contributed by atoms with E-state index in [0.29, 0.717) is 24.0 Å². The molecule has 0 aromatic heterocycles. The quantitative estimate of drug-likeness (QED) is 0.762. The SMILES string of the molecule is Cc1ccc(OCCNC(C2CC2)C2CC2)cc1F. The molecule has 0 atom stereocenters. The number of hydrogen-bond donors (Lipinski definition) is 1. The van der Waals surface area contributed by atoms with E-state index in [0.717, 1.165) is 18.4 Å². The maximum absolute atomic E-state index is 13.3. The molecule has 2 fully saturated rings. The highest BCUT2D eigenvalue weighted by Crippen LogP contribution is 2.44.